The van der Waals surface area contributed by atoms with Crippen LogP contribution >= 0.6 is 0 Å². The maximum Gasteiger partial charge on any atom is 0.244 e. The second-order valence-corrected chi connectivity index (χ2v) is 5.57. The van der Waals surface area contributed by atoms with E-state index in [9.17, 15) is 13.5 Å². The van der Waals surface area contributed by atoms with Crippen molar-refractivity contribution in [3.63, 3.8) is 0 Å². The van der Waals surface area contributed by atoms with E-state index in [1.54, 1.807) is 12.1 Å². The van der Waals surface area contributed by atoms with Gasteiger partial charge in [0.1, 0.15) is 5.75 Å². The van der Waals surface area contributed by atoms with Gasteiger partial charge in [-0.15, -0.1) is 0 Å². The molecule has 0 amide bonds. The van der Waals surface area contributed by atoms with Crippen LogP contribution in [0, 0.1) is 0 Å². The maximum atomic E-state index is 10.9. The van der Waals surface area contributed by atoms with Crippen LogP contribution in [0.5, 0.6) is 5.75 Å². The summed E-state index contributed by atoms with van der Waals surface area (Å²) in [5.41, 5.74) is 0.476. The Balaban J connectivity index is 2.47. The van der Waals surface area contributed by atoms with E-state index in [1.807, 2.05) is 29.1 Å². The monoisotopic (exact) mass is 264 g/mol. The number of phenols is 1. The third-order valence-electron chi connectivity index (χ3n) is 2.36. The standard InChI is InChI=1S/C12H12N2O3S/c1-18(16,17)14-13-8-11-10-5-3-2-4-9(10)6-7-12(11)15/h2-8,14-15H,1H3/b13-8+. The zero-order valence-electron chi connectivity index (χ0n) is 9.66. The number of hydrogen-bond donors (Lipinski definition) is 2. The molecule has 0 bridgehead atoms. The Hall–Kier alpha value is -2.08. The smallest absolute Gasteiger partial charge is 0.244 e. The highest BCUT2D eigenvalue weighted by Crippen LogP contribution is 2.25. The van der Waals surface area contributed by atoms with Gasteiger partial charge in [0.15, 0.2) is 0 Å². The zero-order chi connectivity index (χ0) is 13.2. The van der Waals surface area contributed by atoms with Crippen molar-refractivity contribution in [2.24, 2.45) is 5.10 Å². The summed E-state index contributed by atoms with van der Waals surface area (Å²) in [7, 11) is -3.39. The molecule has 0 saturated carbocycles. The van der Waals surface area contributed by atoms with E-state index in [1.165, 1.54) is 6.21 Å². The molecule has 0 saturated heterocycles. The SMILES string of the molecule is CS(=O)(=O)N/N=C/c1c(O)ccc2ccccc12. The predicted octanol–water partition coefficient (Wildman–Crippen LogP) is 1.43. The van der Waals surface area contributed by atoms with Gasteiger partial charge in [0.05, 0.1) is 12.5 Å². The van der Waals surface area contributed by atoms with Crippen LogP contribution in [0.4, 0.5) is 0 Å². The summed E-state index contributed by atoms with van der Waals surface area (Å²) in [5.74, 6) is 0.0488. The molecule has 0 aliphatic carbocycles. The molecule has 2 aromatic carbocycles. The molecule has 2 aromatic rings. The summed E-state index contributed by atoms with van der Waals surface area (Å²) in [6.07, 6.45) is 2.30. The number of hydrogen-bond acceptors (Lipinski definition) is 4. The molecule has 6 heteroatoms. The second-order valence-electron chi connectivity index (χ2n) is 3.84. The molecule has 0 heterocycles. The molecular weight excluding hydrogens is 252 g/mol. The molecule has 2 rings (SSSR count). The lowest BCUT2D eigenvalue weighted by Crippen LogP contribution is -2.15. The molecule has 0 unspecified atom stereocenters. The quantitative estimate of drug-likeness (QED) is 0.650. The summed E-state index contributed by atoms with van der Waals surface area (Å²) >= 11 is 0. The van der Waals surface area contributed by atoms with E-state index in [4.69, 9.17) is 0 Å². The number of fused-ring (bicyclic) bond motifs is 1. The molecule has 0 aliphatic heterocycles. The van der Waals surface area contributed by atoms with Gasteiger partial charge >= 0.3 is 0 Å². The second kappa shape index (κ2) is 4.66. The van der Waals surface area contributed by atoms with Gasteiger partial charge in [-0.05, 0) is 16.8 Å². The van der Waals surface area contributed by atoms with Crippen LogP contribution in [0.15, 0.2) is 41.5 Å². The van der Waals surface area contributed by atoms with Gasteiger partial charge in [0, 0.05) is 5.56 Å². The molecule has 0 fully saturated rings. The number of aromatic hydroxyl groups is 1. The maximum absolute atomic E-state index is 10.9. The summed E-state index contributed by atoms with van der Waals surface area (Å²) in [5, 5.41) is 15.1. The van der Waals surface area contributed by atoms with Crippen LogP contribution in [0.25, 0.3) is 10.8 Å². The van der Waals surface area contributed by atoms with Crippen LogP contribution in [0.2, 0.25) is 0 Å². The Labute approximate surface area is 105 Å². The van der Waals surface area contributed by atoms with Crippen molar-refractivity contribution in [3.05, 3.63) is 42.0 Å². The van der Waals surface area contributed by atoms with Crippen LogP contribution in [0.1, 0.15) is 5.56 Å². The van der Waals surface area contributed by atoms with E-state index in [0.29, 0.717) is 5.56 Å². The van der Waals surface area contributed by atoms with Crippen molar-refractivity contribution < 1.29 is 13.5 Å². The number of hydrazone groups is 1. The minimum Gasteiger partial charge on any atom is -0.507 e. The largest absolute Gasteiger partial charge is 0.507 e. The average Bonchev–Trinajstić information content (AvgIpc) is 2.31. The van der Waals surface area contributed by atoms with E-state index in [-0.39, 0.29) is 5.75 Å². The number of sulfonamides is 1. The summed E-state index contributed by atoms with van der Waals surface area (Å²) < 4.78 is 21.8. The van der Waals surface area contributed by atoms with Crippen LogP contribution < -0.4 is 4.83 Å². The van der Waals surface area contributed by atoms with Crippen molar-refractivity contribution in [2.45, 2.75) is 0 Å². The Bertz CT molecular complexity index is 708. The van der Waals surface area contributed by atoms with Crippen LogP contribution in [0.3, 0.4) is 0 Å². The van der Waals surface area contributed by atoms with Crippen molar-refractivity contribution in [1.82, 2.24) is 4.83 Å². The summed E-state index contributed by atoms with van der Waals surface area (Å²) in [6.45, 7) is 0. The molecule has 2 N–H and O–H groups in total. The highest BCUT2D eigenvalue weighted by molar-refractivity contribution is 7.88. The predicted molar refractivity (Wildman–Crippen MR) is 71.2 cm³/mol. The lowest BCUT2D eigenvalue weighted by atomic mass is 10.0. The molecule has 18 heavy (non-hydrogen) atoms. The fraction of sp³-hybridized carbons (Fsp3) is 0.0833. The first kappa shape index (κ1) is 12.4. The van der Waals surface area contributed by atoms with Crippen molar-refractivity contribution in [2.75, 3.05) is 6.26 Å². The summed E-state index contributed by atoms with van der Waals surface area (Å²) in [4.78, 5) is 1.99. The van der Waals surface area contributed by atoms with E-state index in [0.717, 1.165) is 17.0 Å². The first-order valence-corrected chi connectivity index (χ1v) is 7.07. The van der Waals surface area contributed by atoms with Crippen LogP contribution in [-0.4, -0.2) is 26.0 Å². The zero-order valence-corrected chi connectivity index (χ0v) is 10.5. The fourth-order valence-corrected chi connectivity index (χ4v) is 1.85. The minimum atomic E-state index is -3.39. The highest BCUT2D eigenvalue weighted by atomic mass is 32.2. The van der Waals surface area contributed by atoms with Gasteiger partial charge in [-0.2, -0.15) is 5.10 Å². The lowest BCUT2D eigenvalue weighted by molar-refractivity contribution is 0.475. The average molecular weight is 264 g/mol. The number of rotatable bonds is 3. The Morgan fingerprint density at radius 1 is 1.22 bits per heavy atom. The number of phenolic OH excluding ortho intramolecular Hbond substituents is 1. The molecule has 5 nitrogen and oxygen atoms in total. The summed E-state index contributed by atoms with van der Waals surface area (Å²) in [6, 6.07) is 10.8. The van der Waals surface area contributed by atoms with E-state index in [2.05, 4.69) is 5.10 Å². The van der Waals surface area contributed by atoms with Crippen molar-refractivity contribution in [1.29, 1.82) is 0 Å². The third kappa shape index (κ3) is 2.78. The molecule has 0 atom stereocenters. The van der Waals surface area contributed by atoms with Gasteiger partial charge in [0.25, 0.3) is 0 Å². The van der Waals surface area contributed by atoms with Gasteiger partial charge < -0.3 is 5.11 Å². The number of benzene rings is 2. The number of nitrogens with one attached hydrogen (secondary N) is 1. The first-order chi connectivity index (χ1) is 8.47. The molecule has 0 aliphatic rings. The Morgan fingerprint density at radius 3 is 2.67 bits per heavy atom. The van der Waals surface area contributed by atoms with E-state index < -0.39 is 10.0 Å². The number of nitrogens with zero attached hydrogens (tertiary/aromatic N) is 1. The minimum absolute atomic E-state index is 0.0488. The van der Waals surface area contributed by atoms with Crippen molar-refractivity contribution in [3.8, 4) is 5.75 Å². The first-order valence-electron chi connectivity index (χ1n) is 5.18. The third-order valence-corrected chi connectivity index (χ3v) is 2.80. The van der Waals surface area contributed by atoms with Gasteiger partial charge in [-0.1, -0.05) is 30.3 Å². The van der Waals surface area contributed by atoms with Crippen molar-refractivity contribution >= 4 is 27.0 Å². The van der Waals surface area contributed by atoms with Gasteiger partial charge in [-0.3, -0.25) is 0 Å². The van der Waals surface area contributed by atoms with Gasteiger partial charge in [-0.25, -0.2) is 13.2 Å². The normalized spacial score (nSPS) is 12.1. The topological polar surface area (TPSA) is 78.8 Å². The molecule has 94 valence electrons. The van der Waals surface area contributed by atoms with Gasteiger partial charge in [0.2, 0.25) is 10.0 Å². The molecule has 0 spiro atoms. The molecule has 0 aromatic heterocycles. The Morgan fingerprint density at radius 2 is 1.94 bits per heavy atom. The lowest BCUT2D eigenvalue weighted by Gasteiger charge is -2.04. The Kier molecular flexibility index (Phi) is 3.20. The molecular formula is C12H12N2O3S. The van der Waals surface area contributed by atoms with E-state index >= 15 is 0 Å². The van der Waals surface area contributed by atoms with Crippen LogP contribution in [-0.2, 0) is 10.0 Å². The fourth-order valence-electron chi connectivity index (χ4n) is 1.61. The molecule has 0 radical (unpaired) electrons. The highest BCUT2D eigenvalue weighted by Gasteiger charge is 2.04.